The first-order valence-corrected chi connectivity index (χ1v) is 11.5. The van der Waals surface area contributed by atoms with Crippen LogP contribution in [-0.2, 0) is 4.79 Å². The number of hydrogen-bond donors (Lipinski definition) is 2. The minimum atomic E-state index is -0.125. The SMILES string of the molecule is O=C(C(=CNc1ccc(Cl)cc1)c1ccccc1)C(=CNc1ccc(Cl)cc1)c1ccccc1. The monoisotopic (exact) mass is 484 g/mol. The van der Waals surface area contributed by atoms with Crippen LogP contribution in [0, 0.1) is 0 Å². The smallest absolute Gasteiger partial charge is 0.197 e. The predicted octanol–water partition coefficient (Wildman–Crippen LogP) is 8.17. The average molecular weight is 485 g/mol. The number of hydrogen-bond acceptors (Lipinski definition) is 3. The highest BCUT2D eigenvalue weighted by Gasteiger charge is 2.19. The number of carbonyl (C=O) groups excluding carboxylic acids is 1. The Balaban J connectivity index is 1.73. The largest absolute Gasteiger partial charge is 0.361 e. The fourth-order valence-electron chi connectivity index (χ4n) is 3.34. The Morgan fingerprint density at radius 1 is 0.529 bits per heavy atom. The van der Waals surface area contributed by atoms with Crippen molar-refractivity contribution in [2.24, 2.45) is 0 Å². The minimum absolute atomic E-state index is 0.125. The Morgan fingerprint density at radius 3 is 1.24 bits per heavy atom. The van der Waals surface area contributed by atoms with E-state index in [4.69, 9.17) is 23.2 Å². The van der Waals surface area contributed by atoms with E-state index in [9.17, 15) is 4.79 Å². The number of ketones is 1. The highest BCUT2D eigenvalue weighted by molar-refractivity contribution is 6.42. The Kier molecular flexibility index (Phi) is 7.82. The molecule has 0 spiro atoms. The summed E-state index contributed by atoms with van der Waals surface area (Å²) in [5.74, 6) is -0.125. The van der Waals surface area contributed by atoms with Crippen molar-refractivity contribution in [2.45, 2.75) is 0 Å². The molecule has 0 aliphatic carbocycles. The second kappa shape index (κ2) is 11.4. The molecule has 0 aliphatic heterocycles. The van der Waals surface area contributed by atoms with Gasteiger partial charge in [0.05, 0.1) is 0 Å². The molecule has 5 heteroatoms. The maximum absolute atomic E-state index is 13.9. The molecule has 4 aromatic carbocycles. The van der Waals surface area contributed by atoms with Gasteiger partial charge in [0.1, 0.15) is 0 Å². The summed E-state index contributed by atoms with van der Waals surface area (Å²) < 4.78 is 0. The van der Waals surface area contributed by atoms with Crippen molar-refractivity contribution in [3.05, 3.63) is 143 Å². The molecule has 2 N–H and O–H groups in total. The van der Waals surface area contributed by atoms with Crippen LogP contribution in [-0.4, -0.2) is 5.78 Å². The first-order chi connectivity index (χ1) is 16.6. The zero-order valence-corrected chi connectivity index (χ0v) is 19.7. The van der Waals surface area contributed by atoms with Crippen molar-refractivity contribution < 1.29 is 4.79 Å². The number of anilines is 2. The maximum Gasteiger partial charge on any atom is 0.197 e. The molecular weight excluding hydrogens is 463 g/mol. The molecular formula is C29H22Cl2N2O. The number of allylic oxidation sites excluding steroid dienone is 2. The van der Waals surface area contributed by atoms with Crippen LogP contribution < -0.4 is 10.6 Å². The Labute approximate surface area is 209 Å². The molecule has 0 bridgehead atoms. The van der Waals surface area contributed by atoms with E-state index >= 15 is 0 Å². The molecule has 0 atom stereocenters. The van der Waals surface area contributed by atoms with Gasteiger partial charge in [-0.3, -0.25) is 4.79 Å². The third kappa shape index (κ3) is 6.16. The predicted molar refractivity (Wildman–Crippen MR) is 144 cm³/mol. The van der Waals surface area contributed by atoms with Crippen molar-refractivity contribution >= 4 is 51.5 Å². The summed E-state index contributed by atoms with van der Waals surface area (Å²) in [5.41, 5.74) is 4.34. The summed E-state index contributed by atoms with van der Waals surface area (Å²) in [4.78, 5) is 13.9. The van der Waals surface area contributed by atoms with Crippen LogP contribution in [0.15, 0.2) is 122 Å². The molecule has 34 heavy (non-hydrogen) atoms. The van der Waals surface area contributed by atoms with Crippen molar-refractivity contribution in [3.63, 3.8) is 0 Å². The highest BCUT2D eigenvalue weighted by Crippen LogP contribution is 2.26. The molecule has 0 fully saturated rings. The fraction of sp³-hybridized carbons (Fsp3) is 0. The van der Waals surface area contributed by atoms with Gasteiger partial charge in [-0.15, -0.1) is 0 Å². The summed E-state index contributed by atoms with van der Waals surface area (Å²) in [6.07, 6.45) is 3.47. The lowest BCUT2D eigenvalue weighted by Crippen LogP contribution is -2.09. The number of nitrogens with one attached hydrogen (secondary N) is 2. The van der Waals surface area contributed by atoms with E-state index in [0.717, 1.165) is 22.5 Å². The summed E-state index contributed by atoms with van der Waals surface area (Å²) in [7, 11) is 0. The van der Waals surface area contributed by atoms with Gasteiger partial charge in [0.2, 0.25) is 0 Å². The lowest BCUT2D eigenvalue weighted by atomic mass is 9.93. The standard InChI is InChI=1S/C29H22Cl2N2O/c30-23-11-15-25(16-12-23)32-19-27(21-7-3-1-4-8-21)29(34)28(22-9-5-2-6-10-22)20-33-26-17-13-24(31)14-18-26/h1-20,32-33H. The van der Waals surface area contributed by atoms with E-state index in [1.807, 2.05) is 84.9 Å². The Hall–Kier alpha value is -3.79. The molecule has 0 aliphatic rings. The van der Waals surface area contributed by atoms with Crippen LogP contribution in [0.2, 0.25) is 10.0 Å². The van der Waals surface area contributed by atoms with Crippen LogP contribution in [0.25, 0.3) is 11.1 Å². The minimum Gasteiger partial charge on any atom is -0.361 e. The van der Waals surface area contributed by atoms with Gasteiger partial charge in [-0.1, -0.05) is 83.9 Å². The first kappa shape index (κ1) is 23.4. The number of Topliss-reactive ketones (excluding diaryl/α,β-unsaturated/α-hetero) is 1. The van der Waals surface area contributed by atoms with Gasteiger partial charge in [-0.25, -0.2) is 0 Å². The lowest BCUT2D eigenvalue weighted by molar-refractivity contribution is -0.108. The van der Waals surface area contributed by atoms with Crippen molar-refractivity contribution in [2.75, 3.05) is 10.6 Å². The van der Waals surface area contributed by atoms with E-state index in [-0.39, 0.29) is 5.78 Å². The number of carbonyl (C=O) groups is 1. The van der Waals surface area contributed by atoms with Gasteiger partial charge in [0, 0.05) is 45.0 Å². The molecule has 0 saturated heterocycles. The summed E-state index contributed by atoms with van der Waals surface area (Å²) in [6, 6.07) is 33.8. The topological polar surface area (TPSA) is 41.1 Å². The maximum atomic E-state index is 13.9. The van der Waals surface area contributed by atoms with E-state index < -0.39 is 0 Å². The lowest BCUT2D eigenvalue weighted by Gasteiger charge is -2.13. The van der Waals surface area contributed by atoms with E-state index in [0.29, 0.717) is 21.2 Å². The zero-order valence-electron chi connectivity index (χ0n) is 18.2. The molecule has 3 nitrogen and oxygen atoms in total. The number of benzene rings is 4. The molecule has 4 aromatic rings. The van der Waals surface area contributed by atoms with Crippen LogP contribution in [0.5, 0.6) is 0 Å². The van der Waals surface area contributed by atoms with Crippen molar-refractivity contribution in [1.29, 1.82) is 0 Å². The number of halogens is 2. The Bertz CT molecular complexity index is 1200. The number of rotatable bonds is 8. The van der Waals surface area contributed by atoms with Gasteiger partial charge in [0.15, 0.2) is 5.78 Å². The van der Waals surface area contributed by atoms with Crippen LogP contribution in [0.4, 0.5) is 11.4 Å². The van der Waals surface area contributed by atoms with Crippen LogP contribution in [0.1, 0.15) is 11.1 Å². The molecule has 0 amide bonds. The second-order valence-electron chi connectivity index (χ2n) is 7.48. The van der Waals surface area contributed by atoms with E-state index in [1.54, 1.807) is 36.7 Å². The summed E-state index contributed by atoms with van der Waals surface area (Å²) in [6.45, 7) is 0. The van der Waals surface area contributed by atoms with Gasteiger partial charge in [0.25, 0.3) is 0 Å². The van der Waals surface area contributed by atoms with Gasteiger partial charge in [-0.2, -0.15) is 0 Å². The normalized spacial score (nSPS) is 11.7. The molecule has 0 heterocycles. The van der Waals surface area contributed by atoms with Gasteiger partial charge in [-0.05, 0) is 59.7 Å². The second-order valence-corrected chi connectivity index (χ2v) is 8.35. The summed E-state index contributed by atoms with van der Waals surface area (Å²) >= 11 is 12.0. The van der Waals surface area contributed by atoms with Crippen LogP contribution in [0.3, 0.4) is 0 Å². The average Bonchev–Trinajstić information content (AvgIpc) is 2.88. The molecule has 0 radical (unpaired) electrons. The third-order valence-electron chi connectivity index (χ3n) is 5.11. The zero-order chi connectivity index (χ0) is 23.8. The van der Waals surface area contributed by atoms with Gasteiger partial charge >= 0.3 is 0 Å². The molecule has 168 valence electrons. The molecule has 0 aromatic heterocycles. The van der Waals surface area contributed by atoms with E-state index in [1.165, 1.54) is 0 Å². The van der Waals surface area contributed by atoms with Crippen LogP contribution >= 0.6 is 23.2 Å². The first-order valence-electron chi connectivity index (χ1n) is 10.7. The Morgan fingerprint density at radius 2 is 0.882 bits per heavy atom. The van der Waals surface area contributed by atoms with E-state index in [2.05, 4.69) is 10.6 Å². The highest BCUT2D eigenvalue weighted by atomic mass is 35.5. The molecule has 4 rings (SSSR count). The summed E-state index contributed by atoms with van der Waals surface area (Å²) in [5, 5.41) is 7.77. The van der Waals surface area contributed by atoms with Gasteiger partial charge < -0.3 is 10.6 Å². The third-order valence-corrected chi connectivity index (χ3v) is 5.62. The molecule has 0 saturated carbocycles. The fourth-order valence-corrected chi connectivity index (χ4v) is 3.60. The molecule has 0 unspecified atom stereocenters. The van der Waals surface area contributed by atoms with Crippen molar-refractivity contribution in [3.8, 4) is 0 Å². The van der Waals surface area contributed by atoms with Crippen molar-refractivity contribution in [1.82, 2.24) is 0 Å². The quantitative estimate of drug-likeness (QED) is 0.247.